The predicted octanol–water partition coefficient (Wildman–Crippen LogP) is -2.78. The van der Waals surface area contributed by atoms with Crippen molar-refractivity contribution in [1.82, 2.24) is 0 Å². The third-order valence-electron chi connectivity index (χ3n) is 2.32. The highest BCUT2D eigenvalue weighted by Crippen LogP contribution is 1.96. The molecule has 0 aliphatic heterocycles. The summed E-state index contributed by atoms with van der Waals surface area (Å²) >= 11 is 0. The molecule has 0 bridgehead atoms. The van der Waals surface area contributed by atoms with E-state index in [1.54, 1.807) is 13.8 Å². The van der Waals surface area contributed by atoms with Crippen LogP contribution in [0.15, 0.2) is 0 Å². The Morgan fingerprint density at radius 3 is 1.17 bits per heavy atom. The summed E-state index contributed by atoms with van der Waals surface area (Å²) in [6, 6.07) is -3.00. The molecule has 0 aromatic carbocycles. The number of hydrogen-bond donors (Lipinski definition) is 8. The average Bonchev–Trinajstić information content (AvgIpc) is 2.45. The van der Waals surface area contributed by atoms with Crippen LogP contribution in [-0.2, 0) is 14.4 Å². The van der Waals surface area contributed by atoms with E-state index in [1.807, 2.05) is 0 Å². The molecule has 4 atom stereocenters. The normalized spacial score (nSPS) is 15.0. The lowest BCUT2D eigenvalue weighted by Crippen LogP contribution is -2.39. The van der Waals surface area contributed by atoms with Crippen molar-refractivity contribution in [2.45, 2.75) is 45.0 Å². The van der Waals surface area contributed by atoms with Gasteiger partial charge in [0.1, 0.15) is 18.1 Å². The quantitative estimate of drug-likeness (QED) is 0.246. The second-order valence-electron chi connectivity index (χ2n) is 4.84. The first-order chi connectivity index (χ1) is 10.3. The fourth-order valence-electron chi connectivity index (χ4n) is 0.570. The Bertz CT molecular complexity index is 338. The molecule has 0 saturated heterocycles. The van der Waals surface area contributed by atoms with E-state index in [9.17, 15) is 14.4 Å². The van der Waals surface area contributed by atoms with Gasteiger partial charge in [0.05, 0.1) is 12.7 Å². The number of nitrogens with two attached hydrogens (primary N) is 3. The van der Waals surface area contributed by atoms with Gasteiger partial charge in [-0.3, -0.25) is 14.4 Å². The molecule has 0 aromatic heterocycles. The van der Waals surface area contributed by atoms with Gasteiger partial charge in [-0.15, -0.1) is 0 Å². The number of aliphatic carboxylic acids is 3. The van der Waals surface area contributed by atoms with E-state index >= 15 is 0 Å². The number of carboxylic acids is 3. The summed E-state index contributed by atoms with van der Waals surface area (Å²) in [6.07, 6.45) is -0.979. The van der Waals surface area contributed by atoms with Crippen LogP contribution in [0.4, 0.5) is 0 Å². The van der Waals surface area contributed by atoms with Crippen LogP contribution in [0.3, 0.4) is 0 Å². The Morgan fingerprint density at radius 1 is 0.826 bits per heavy atom. The molecule has 0 rings (SSSR count). The van der Waals surface area contributed by atoms with Gasteiger partial charge in [0, 0.05) is 0 Å². The fraction of sp³-hybridized carbons (Fsp3) is 0.750. The molecule has 11 heteroatoms. The fourth-order valence-corrected chi connectivity index (χ4v) is 0.570. The van der Waals surface area contributed by atoms with Crippen molar-refractivity contribution >= 4 is 17.9 Å². The van der Waals surface area contributed by atoms with Gasteiger partial charge in [-0.05, 0) is 12.8 Å². The van der Waals surface area contributed by atoms with Gasteiger partial charge in [-0.25, -0.2) is 0 Å². The Balaban J connectivity index is -0.000000262. The van der Waals surface area contributed by atoms with Gasteiger partial charge in [0.15, 0.2) is 0 Å². The predicted molar refractivity (Wildman–Crippen MR) is 80.4 cm³/mol. The van der Waals surface area contributed by atoms with E-state index in [0.29, 0.717) is 0 Å². The van der Waals surface area contributed by atoms with Crippen molar-refractivity contribution in [1.29, 1.82) is 0 Å². The third kappa shape index (κ3) is 16.4. The maximum atomic E-state index is 10.0. The van der Waals surface area contributed by atoms with Crippen LogP contribution in [0.2, 0.25) is 0 Å². The van der Waals surface area contributed by atoms with Crippen molar-refractivity contribution in [3.8, 4) is 0 Å². The summed E-state index contributed by atoms with van der Waals surface area (Å²) < 4.78 is 0. The van der Waals surface area contributed by atoms with Crippen LogP contribution in [0.1, 0.15) is 20.8 Å². The maximum Gasteiger partial charge on any atom is 0.323 e. The summed E-state index contributed by atoms with van der Waals surface area (Å²) in [4.78, 5) is 29.5. The SMILES string of the molecule is CC(C)[C@H](N)C(=O)O.C[C@@H](O)[C@H](N)C(=O)O.N[C@@H](CO)C(=O)O. The van der Waals surface area contributed by atoms with Gasteiger partial charge in [-0.2, -0.15) is 0 Å². The average molecular weight is 341 g/mol. The van der Waals surface area contributed by atoms with E-state index in [2.05, 4.69) is 0 Å². The highest BCUT2D eigenvalue weighted by molar-refractivity contribution is 5.74. The standard InChI is InChI=1S/C5H11NO2.C4H9NO3.C3H7NO3/c1-3(2)4(6)5(7)8;1-2(6)3(5)4(7)8;4-2(1-5)3(6)7/h3-4H,6H2,1-2H3,(H,7,8);2-3,6H,5H2,1H3,(H,7,8);2,5H,1,4H2,(H,6,7)/t4-;2-,3+;2-/m010/s1. The van der Waals surface area contributed by atoms with Gasteiger partial charge >= 0.3 is 17.9 Å². The highest BCUT2D eigenvalue weighted by Gasteiger charge is 2.16. The lowest BCUT2D eigenvalue weighted by atomic mass is 10.1. The Kier molecular flexibility index (Phi) is 15.7. The molecule has 11 nitrogen and oxygen atoms in total. The van der Waals surface area contributed by atoms with Crippen LogP contribution < -0.4 is 17.2 Å². The topological polar surface area (TPSA) is 230 Å². The molecule has 11 N–H and O–H groups in total. The van der Waals surface area contributed by atoms with Crippen LogP contribution in [0, 0.1) is 5.92 Å². The monoisotopic (exact) mass is 341 g/mol. The summed E-state index contributed by atoms with van der Waals surface area (Å²) in [5.74, 6) is -3.27. The largest absolute Gasteiger partial charge is 0.480 e. The minimum Gasteiger partial charge on any atom is -0.480 e. The van der Waals surface area contributed by atoms with Crippen molar-refractivity contribution in [2.24, 2.45) is 23.1 Å². The molecule has 0 saturated carbocycles. The van der Waals surface area contributed by atoms with E-state index in [1.165, 1.54) is 6.92 Å². The van der Waals surface area contributed by atoms with E-state index in [0.717, 1.165) is 0 Å². The molecule has 0 amide bonds. The molecule has 0 spiro atoms. The van der Waals surface area contributed by atoms with Crippen LogP contribution in [-0.4, -0.2) is 74.3 Å². The Labute approximate surface area is 133 Å². The molecule has 0 aromatic rings. The first kappa shape index (κ1) is 26.1. The molecular formula is C12H27N3O8. The summed E-state index contributed by atoms with van der Waals surface area (Å²) in [7, 11) is 0. The number of aliphatic hydroxyl groups excluding tert-OH is 2. The van der Waals surface area contributed by atoms with Crippen molar-refractivity contribution in [3.05, 3.63) is 0 Å². The van der Waals surface area contributed by atoms with E-state index in [-0.39, 0.29) is 5.92 Å². The van der Waals surface area contributed by atoms with Crippen LogP contribution in [0.5, 0.6) is 0 Å². The molecular weight excluding hydrogens is 314 g/mol. The number of carbonyl (C=O) groups is 3. The molecule has 0 aliphatic rings. The molecule has 0 unspecified atom stereocenters. The lowest BCUT2D eigenvalue weighted by Gasteiger charge is -2.07. The second-order valence-corrected chi connectivity index (χ2v) is 4.84. The van der Waals surface area contributed by atoms with Gasteiger partial charge in [-0.1, -0.05) is 13.8 Å². The Hall–Kier alpha value is -1.79. The zero-order valence-electron chi connectivity index (χ0n) is 13.3. The molecule has 0 radical (unpaired) electrons. The number of carboxylic acid groups (broad SMARTS) is 3. The first-order valence-electron chi connectivity index (χ1n) is 6.53. The molecule has 0 aliphatic carbocycles. The third-order valence-corrected chi connectivity index (χ3v) is 2.32. The summed E-state index contributed by atoms with van der Waals surface area (Å²) in [5.41, 5.74) is 14.8. The zero-order valence-corrected chi connectivity index (χ0v) is 13.3. The second kappa shape index (κ2) is 13.8. The zero-order chi connectivity index (χ0) is 19.3. The molecule has 23 heavy (non-hydrogen) atoms. The number of hydrogen-bond acceptors (Lipinski definition) is 8. The number of aliphatic hydroxyl groups is 2. The molecule has 0 fully saturated rings. The van der Waals surface area contributed by atoms with Gasteiger partial charge in [0.2, 0.25) is 0 Å². The van der Waals surface area contributed by atoms with E-state index < -0.39 is 48.7 Å². The smallest absolute Gasteiger partial charge is 0.323 e. The summed E-state index contributed by atoms with van der Waals surface area (Å²) in [5, 5.41) is 40.7. The minimum atomic E-state index is -1.18. The first-order valence-corrected chi connectivity index (χ1v) is 6.53. The van der Waals surface area contributed by atoms with Crippen molar-refractivity contribution in [3.63, 3.8) is 0 Å². The Morgan fingerprint density at radius 2 is 1.17 bits per heavy atom. The molecule has 0 heterocycles. The van der Waals surface area contributed by atoms with Gasteiger partial charge in [0.25, 0.3) is 0 Å². The summed E-state index contributed by atoms with van der Waals surface area (Å²) in [6.45, 7) is 4.38. The van der Waals surface area contributed by atoms with Crippen molar-refractivity contribution < 1.29 is 39.9 Å². The lowest BCUT2D eigenvalue weighted by molar-refractivity contribution is -0.141. The van der Waals surface area contributed by atoms with Crippen LogP contribution in [0.25, 0.3) is 0 Å². The molecule has 138 valence electrons. The van der Waals surface area contributed by atoms with Crippen molar-refractivity contribution in [2.75, 3.05) is 6.61 Å². The van der Waals surface area contributed by atoms with Crippen LogP contribution >= 0.6 is 0 Å². The highest BCUT2D eigenvalue weighted by atomic mass is 16.4. The minimum absolute atomic E-state index is 0.0208. The van der Waals surface area contributed by atoms with Gasteiger partial charge < -0.3 is 42.7 Å². The maximum absolute atomic E-state index is 10.0. The number of rotatable bonds is 6. The van der Waals surface area contributed by atoms with E-state index in [4.69, 9.17) is 42.7 Å².